The molecule has 1 aromatic carbocycles. The summed E-state index contributed by atoms with van der Waals surface area (Å²) < 4.78 is 15.4. The van der Waals surface area contributed by atoms with Crippen molar-refractivity contribution in [3.8, 4) is 0 Å². The average molecular weight is 571 g/mol. The van der Waals surface area contributed by atoms with Crippen LogP contribution in [0.5, 0.6) is 0 Å². The SMILES string of the molecule is C=C/C(=C\C(=C/C)c1cc(C(=C)C(=C)Nc2nccc(N3CCN(C)CC3)c2C)c(NC)cc1F)C1CCC1.C=CN. The number of anilines is 3. The summed E-state index contributed by atoms with van der Waals surface area (Å²) in [5.74, 6) is 0.972. The van der Waals surface area contributed by atoms with Crippen molar-refractivity contribution in [1.82, 2.24) is 9.88 Å². The van der Waals surface area contributed by atoms with E-state index in [1.54, 1.807) is 7.05 Å². The molecule has 1 saturated heterocycles. The highest BCUT2D eigenvalue weighted by atomic mass is 19.1. The molecule has 2 aliphatic rings. The molecule has 7 heteroatoms. The number of hydrogen-bond acceptors (Lipinski definition) is 6. The lowest BCUT2D eigenvalue weighted by Gasteiger charge is -2.35. The fraction of sp³-hybridized carbons (Fsp3) is 0.343. The van der Waals surface area contributed by atoms with Crippen LogP contribution >= 0.6 is 0 Å². The summed E-state index contributed by atoms with van der Waals surface area (Å²) in [6.45, 7) is 23.8. The van der Waals surface area contributed by atoms with Gasteiger partial charge in [-0.05, 0) is 80.8 Å². The van der Waals surface area contributed by atoms with Crippen LogP contribution in [0.25, 0.3) is 11.1 Å². The lowest BCUT2D eigenvalue weighted by atomic mass is 9.78. The molecule has 2 fully saturated rings. The van der Waals surface area contributed by atoms with E-state index in [0.717, 1.165) is 61.5 Å². The normalized spacial score (nSPS) is 16.1. The van der Waals surface area contributed by atoms with Crippen molar-refractivity contribution < 1.29 is 4.39 Å². The topological polar surface area (TPSA) is 69.5 Å². The van der Waals surface area contributed by atoms with Gasteiger partial charge in [-0.1, -0.05) is 51.0 Å². The van der Waals surface area contributed by atoms with Gasteiger partial charge in [0.1, 0.15) is 11.6 Å². The second-order valence-electron chi connectivity index (χ2n) is 10.8. The van der Waals surface area contributed by atoms with Crippen LogP contribution in [0.2, 0.25) is 0 Å². The van der Waals surface area contributed by atoms with E-state index < -0.39 is 0 Å². The molecule has 1 saturated carbocycles. The highest BCUT2D eigenvalue weighted by molar-refractivity contribution is 5.89. The van der Waals surface area contributed by atoms with E-state index >= 15 is 4.39 Å². The lowest BCUT2D eigenvalue weighted by Crippen LogP contribution is -2.44. The van der Waals surface area contributed by atoms with Gasteiger partial charge in [-0.25, -0.2) is 9.37 Å². The number of halogens is 1. The third-order valence-electron chi connectivity index (χ3n) is 8.11. The molecule has 1 aromatic heterocycles. The van der Waals surface area contributed by atoms with E-state index in [-0.39, 0.29) is 5.82 Å². The number of likely N-dealkylation sites (N-methyl/N-ethyl adjacent to an activating group) is 1. The van der Waals surface area contributed by atoms with Crippen molar-refractivity contribution in [2.75, 3.05) is 55.8 Å². The minimum Gasteiger partial charge on any atom is -0.405 e. The molecule has 2 aromatic rings. The number of aromatic nitrogens is 1. The maximum atomic E-state index is 15.4. The molecule has 4 rings (SSSR count). The van der Waals surface area contributed by atoms with Crippen LogP contribution in [-0.2, 0) is 0 Å². The van der Waals surface area contributed by atoms with Crippen LogP contribution in [0.15, 0.2) is 86.4 Å². The fourth-order valence-electron chi connectivity index (χ4n) is 5.25. The van der Waals surface area contributed by atoms with Crippen LogP contribution in [0.4, 0.5) is 21.6 Å². The van der Waals surface area contributed by atoms with Crippen LogP contribution in [0.1, 0.15) is 42.9 Å². The predicted octanol–water partition coefficient (Wildman–Crippen LogP) is 7.37. The monoisotopic (exact) mass is 570 g/mol. The molecule has 0 unspecified atom stereocenters. The first-order valence-corrected chi connectivity index (χ1v) is 14.6. The molecule has 0 bridgehead atoms. The maximum absolute atomic E-state index is 15.4. The Bertz CT molecular complexity index is 1360. The van der Waals surface area contributed by atoms with Gasteiger partial charge in [0, 0.05) is 73.2 Å². The largest absolute Gasteiger partial charge is 0.405 e. The Morgan fingerprint density at radius 2 is 1.79 bits per heavy atom. The smallest absolute Gasteiger partial charge is 0.135 e. The quantitative estimate of drug-likeness (QED) is 0.259. The number of nitrogens with zero attached hydrogens (tertiary/aromatic N) is 3. The number of benzene rings is 1. The van der Waals surface area contributed by atoms with Crippen LogP contribution in [0, 0.1) is 18.7 Å². The van der Waals surface area contributed by atoms with Gasteiger partial charge in [0.25, 0.3) is 0 Å². The van der Waals surface area contributed by atoms with E-state index in [9.17, 15) is 0 Å². The van der Waals surface area contributed by atoms with Crippen molar-refractivity contribution in [1.29, 1.82) is 0 Å². The highest BCUT2D eigenvalue weighted by Gasteiger charge is 2.22. The molecule has 6 nitrogen and oxygen atoms in total. The van der Waals surface area contributed by atoms with E-state index in [4.69, 9.17) is 0 Å². The number of piperazine rings is 1. The van der Waals surface area contributed by atoms with Crippen molar-refractivity contribution in [2.45, 2.75) is 33.1 Å². The molecule has 42 heavy (non-hydrogen) atoms. The molecule has 0 spiro atoms. The fourth-order valence-corrected chi connectivity index (χ4v) is 5.25. The molecule has 224 valence electrons. The molecule has 1 aliphatic carbocycles. The summed E-state index contributed by atoms with van der Waals surface area (Å²) in [5, 5.41) is 6.52. The summed E-state index contributed by atoms with van der Waals surface area (Å²) in [7, 11) is 3.94. The lowest BCUT2D eigenvalue weighted by molar-refractivity contribution is 0.312. The molecule has 0 radical (unpaired) electrons. The number of nitrogens with two attached hydrogens (primary N) is 1. The van der Waals surface area contributed by atoms with Crippen molar-refractivity contribution >= 4 is 28.3 Å². The second kappa shape index (κ2) is 15.2. The summed E-state index contributed by atoms with van der Waals surface area (Å²) >= 11 is 0. The molecular formula is C35H47FN6. The summed E-state index contributed by atoms with van der Waals surface area (Å²) in [6.07, 6.45) is 12.6. The minimum absolute atomic E-state index is 0.284. The third kappa shape index (κ3) is 7.59. The zero-order chi connectivity index (χ0) is 30.8. The Labute approximate surface area is 251 Å². The number of rotatable bonds is 10. The zero-order valence-electron chi connectivity index (χ0n) is 25.8. The van der Waals surface area contributed by atoms with E-state index in [1.807, 2.05) is 31.3 Å². The predicted molar refractivity (Wildman–Crippen MR) is 180 cm³/mol. The van der Waals surface area contributed by atoms with Crippen LogP contribution in [0.3, 0.4) is 0 Å². The van der Waals surface area contributed by atoms with Gasteiger partial charge in [0.2, 0.25) is 0 Å². The molecule has 4 N–H and O–H groups in total. The Kier molecular flexibility index (Phi) is 11.7. The van der Waals surface area contributed by atoms with Gasteiger partial charge in [0.15, 0.2) is 0 Å². The van der Waals surface area contributed by atoms with Gasteiger partial charge in [-0.2, -0.15) is 0 Å². The van der Waals surface area contributed by atoms with Gasteiger partial charge in [-0.15, -0.1) is 0 Å². The van der Waals surface area contributed by atoms with Crippen molar-refractivity contribution in [3.05, 3.63) is 109 Å². The van der Waals surface area contributed by atoms with Crippen LogP contribution < -0.4 is 21.3 Å². The average Bonchev–Trinajstić information content (AvgIpc) is 2.96. The standard InChI is InChI=1S/C33H42FN5.C2H5N/c1-8-25(27-11-10-12-27)19-26(9-2)29-20-28(31(35-6)21-30(29)34)22(3)24(5)37-33-23(4)32(13-14-36-33)39-17-15-38(7)16-18-39;1-2-3/h8-9,13-14,19-21,27,35H,1,3,5,10-12,15-18H2,2,4,6-7H3,(H,36,37);2H,1,3H2/b25-19+,26-9+;. The van der Waals surface area contributed by atoms with Crippen molar-refractivity contribution in [3.63, 3.8) is 0 Å². The van der Waals surface area contributed by atoms with Crippen LogP contribution in [-0.4, -0.2) is 50.2 Å². The molecule has 0 atom stereocenters. The Hall–Kier alpha value is -4.10. The van der Waals surface area contributed by atoms with E-state index in [0.29, 0.717) is 28.4 Å². The first-order valence-electron chi connectivity index (χ1n) is 14.6. The number of pyridine rings is 1. The maximum Gasteiger partial charge on any atom is 0.135 e. The number of hydrogen-bond donors (Lipinski definition) is 3. The van der Waals surface area contributed by atoms with E-state index in [1.165, 1.54) is 29.9 Å². The zero-order valence-corrected chi connectivity index (χ0v) is 25.8. The highest BCUT2D eigenvalue weighted by Crippen LogP contribution is 2.38. The number of nitrogens with one attached hydrogen (secondary N) is 2. The van der Waals surface area contributed by atoms with Gasteiger partial charge >= 0.3 is 0 Å². The number of allylic oxidation sites excluding steroid dienone is 6. The van der Waals surface area contributed by atoms with Gasteiger partial charge in [0.05, 0.1) is 0 Å². The first-order chi connectivity index (χ1) is 20.2. The van der Waals surface area contributed by atoms with E-state index in [2.05, 4.69) is 83.6 Å². The Balaban J connectivity index is 0.00000155. The molecule has 2 heterocycles. The second-order valence-corrected chi connectivity index (χ2v) is 10.8. The Morgan fingerprint density at radius 3 is 2.33 bits per heavy atom. The van der Waals surface area contributed by atoms with Crippen molar-refractivity contribution in [2.24, 2.45) is 11.7 Å². The summed E-state index contributed by atoms with van der Waals surface area (Å²) in [4.78, 5) is 9.34. The molecule has 1 aliphatic heterocycles. The minimum atomic E-state index is -0.284. The van der Waals surface area contributed by atoms with Gasteiger partial charge < -0.3 is 26.2 Å². The third-order valence-corrected chi connectivity index (χ3v) is 8.11. The molecule has 0 amide bonds. The Morgan fingerprint density at radius 1 is 1.12 bits per heavy atom. The van der Waals surface area contributed by atoms with Gasteiger partial charge in [-0.3, -0.25) is 0 Å². The molecular weight excluding hydrogens is 523 g/mol. The summed E-state index contributed by atoms with van der Waals surface area (Å²) in [5.41, 5.74) is 12.1. The summed E-state index contributed by atoms with van der Waals surface area (Å²) in [6, 6.07) is 5.47. The first kappa shape index (κ1) is 32.4.